The van der Waals surface area contributed by atoms with E-state index in [2.05, 4.69) is 15.9 Å². The fourth-order valence-electron chi connectivity index (χ4n) is 1.37. The van der Waals surface area contributed by atoms with Gasteiger partial charge < -0.3 is 14.9 Å². The van der Waals surface area contributed by atoms with Crippen LogP contribution in [0.2, 0.25) is 0 Å². The molecule has 2 aromatic rings. The fraction of sp³-hybridized carbons (Fsp3) is 0.167. The molecule has 0 bridgehead atoms. The number of anilines is 1. The van der Waals surface area contributed by atoms with Crippen molar-refractivity contribution in [2.45, 2.75) is 13.2 Å². The van der Waals surface area contributed by atoms with Crippen LogP contribution in [0.25, 0.3) is 0 Å². The number of furan rings is 1. The van der Waals surface area contributed by atoms with E-state index in [1.54, 1.807) is 6.26 Å². The fourth-order valence-corrected chi connectivity index (χ4v) is 1.75. The van der Waals surface area contributed by atoms with Crippen molar-refractivity contribution in [3.8, 4) is 0 Å². The lowest BCUT2D eigenvalue weighted by Gasteiger charge is -2.06. The van der Waals surface area contributed by atoms with E-state index >= 15 is 0 Å². The SMILES string of the molecule is Nc1cccc(COCc2ccco2)c1Br. The van der Waals surface area contributed by atoms with E-state index in [1.807, 2.05) is 30.3 Å². The molecule has 0 atom stereocenters. The van der Waals surface area contributed by atoms with Gasteiger partial charge in [-0.05, 0) is 39.7 Å². The van der Waals surface area contributed by atoms with E-state index in [1.165, 1.54) is 0 Å². The molecule has 3 nitrogen and oxygen atoms in total. The minimum absolute atomic E-state index is 0.467. The second kappa shape index (κ2) is 5.18. The minimum Gasteiger partial charge on any atom is -0.467 e. The van der Waals surface area contributed by atoms with Gasteiger partial charge in [-0.25, -0.2) is 0 Å². The molecule has 0 radical (unpaired) electrons. The molecule has 0 spiro atoms. The molecule has 16 heavy (non-hydrogen) atoms. The number of hydrogen-bond acceptors (Lipinski definition) is 3. The summed E-state index contributed by atoms with van der Waals surface area (Å²) in [6, 6.07) is 9.46. The van der Waals surface area contributed by atoms with Gasteiger partial charge in [0.25, 0.3) is 0 Å². The lowest BCUT2D eigenvalue weighted by Crippen LogP contribution is -1.96. The van der Waals surface area contributed by atoms with Crippen LogP contribution >= 0.6 is 15.9 Å². The Morgan fingerprint density at radius 1 is 1.19 bits per heavy atom. The first kappa shape index (κ1) is 11.2. The molecule has 0 fully saturated rings. The van der Waals surface area contributed by atoms with Gasteiger partial charge in [-0.3, -0.25) is 0 Å². The van der Waals surface area contributed by atoms with Crippen molar-refractivity contribution in [3.63, 3.8) is 0 Å². The number of hydrogen-bond donors (Lipinski definition) is 1. The van der Waals surface area contributed by atoms with Crippen molar-refractivity contribution in [3.05, 3.63) is 52.4 Å². The van der Waals surface area contributed by atoms with Crippen LogP contribution in [0, 0.1) is 0 Å². The molecule has 0 saturated heterocycles. The normalized spacial score (nSPS) is 10.6. The van der Waals surface area contributed by atoms with Gasteiger partial charge in [-0.2, -0.15) is 0 Å². The first-order chi connectivity index (χ1) is 7.77. The highest BCUT2D eigenvalue weighted by Crippen LogP contribution is 2.24. The monoisotopic (exact) mass is 281 g/mol. The summed E-state index contributed by atoms with van der Waals surface area (Å²) >= 11 is 3.43. The van der Waals surface area contributed by atoms with Crippen LogP contribution in [0.5, 0.6) is 0 Å². The van der Waals surface area contributed by atoms with Gasteiger partial charge in [0.15, 0.2) is 0 Å². The van der Waals surface area contributed by atoms with Gasteiger partial charge in [0.05, 0.1) is 12.9 Å². The zero-order chi connectivity index (χ0) is 11.4. The Labute approximate surface area is 102 Å². The van der Waals surface area contributed by atoms with E-state index in [9.17, 15) is 0 Å². The Kier molecular flexibility index (Phi) is 3.64. The molecule has 0 aliphatic heterocycles. The van der Waals surface area contributed by atoms with Crippen molar-refractivity contribution in [1.29, 1.82) is 0 Å². The van der Waals surface area contributed by atoms with Gasteiger partial charge in [-0.1, -0.05) is 12.1 Å². The number of nitrogens with two attached hydrogens (primary N) is 1. The van der Waals surface area contributed by atoms with Crippen LogP contribution in [0.3, 0.4) is 0 Å². The molecule has 84 valence electrons. The Hall–Kier alpha value is -1.26. The third kappa shape index (κ3) is 2.65. The molecular formula is C12H12BrNO2. The topological polar surface area (TPSA) is 48.4 Å². The molecule has 1 aromatic heterocycles. The van der Waals surface area contributed by atoms with Crippen molar-refractivity contribution < 1.29 is 9.15 Å². The second-order valence-corrected chi connectivity index (χ2v) is 4.19. The van der Waals surface area contributed by atoms with Crippen molar-refractivity contribution in [2.75, 3.05) is 5.73 Å². The summed E-state index contributed by atoms with van der Waals surface area (Å²) in [7, 11) is 0. The molecule has 0 aliphatic carbocycles. The highest BCUT2D eigenvalue weighted by molar-refractivity contribution is 9.10. The molecule has 0 amide bonds. The summed E-state index contributed by atoms with van der Waals surface area (Å²) in [6.07, 6.45) is 1.63. The Morgan fingerprint density at radius 3 is 2.81 bits per heavy atom. The van der Waals surface area contributed by atoms with Crippen LogP contribution in [0.1, 0.15) is 11.3 Å². The van der Waals surface area contributed by atoms with Gasteiger partial charge >= 0.3 is 0 Å². The first-order valence-corrected chi connectivity index (χ1v) is 5.69. The van der Waals surface area contributed by atoms with E-state index in [0.717, 1.165) is 21.5 Å². The van der Waals surface area contributed by atoms with Crippen LogP contribution in [0.15, 0.2) is 45.5 Å². The minimum atomic E-state index is 0.467. The van der Waals surface area contributed by atoms with Crippen molar-refractivity contribution in [2.24, 2.45) is 0 Å². The van der Waals surface area contributed by atoms with E-state index in [-0.39, 0.29) is 0 Å². The Bertz CT molecular complexity index is 454. The number of ether oxygens (including phenoxy) is 1. The van der Waals surface area contributed by atoms with E-state index in [0.29, 0.717) is 13.2 Å². The lowest BCUT2D eigenvalue weighted by molar-refractivity contribution is 0.0926. The van der Waals surface area contributed by atoms with Crippen LogP contribution < -0.4 is 5.73 Å². The summed E-state index contributed by atoms with van der Waals surface area (Å²) in [5.74, 6) is 0.819. The molecule has 2 N–H and O–H groups in total. The molecule has 2 rings (SSSR count). The summed E-state index contributed by atoms with van der Waals surface area (Å²) in [6.45, 7) is 0.973. The predicted octanol–water partition coefficient (Wildman–Crippen LogP) is 3.34. The average Bonchev–Trinajstić information content (AvgIpc) is 2.77. The molecule has 0 saturated carbocycles. The third-order valence-electron chi connectivity index (χ3n) is 2.19. The summed E-state index contributed by atoms with van der Waals surface area (Å²) < 4.78 is 11.6. The average molecular weight is 282 g/mol. The molecule has 1 aromatic carbocycles. The van der Waals surface area contributed by atoms with Crippen LogP contribution in [0.4, 0.5) is 5.69 Å². The third-order valence-corrected chi connectivity index (χ3v) is 3.16. The Morgan fingerprint density at radius 2 is 2.06 bits per heavy atom. The molecule has 0 unspecified atom stereocenters. The highest BCUT2D eigenvalue weighted by Gasteiger charge is 2.03. The van der Waals surface area contributed by atoms with Crippen LogP contribution in [-0.4, -0.2) is 0 Å². The molecule has 1 heterocycles. The van der Waals surface area contributed by atoms with E-state index < -0.39 is 0 Å². The maximum Gasteiger partial charge on any atom is 0.129 e. The zero-order valence-corrected chi connectivity index (χ0v) is 10.2. The smallest absolute Gasteiger partial charge is 0.129 e. The predicted molar refractivity (Wildman–Crippen MR) is 65.8 cm³/mol. The van der Waals surface area contributed by atoms with Crippen molar-refractivity contribution in [1.82, 2.24) is 0 Å². The standard InChI is InChI=1S/C12H12BrNO2/c13-12-9(3-1-5-11(12)14)7-15-8-10-4-2-6-16-10/h1-6H,7-8,14H2. The van der Waals surface area contributed by atoms with Crippen LogP contribution in [-0.2, 0) is 18.0 Å². The number of nitrogen functional groups attached to an aromatic ring is 1. The van der Waals surface area contributed by atoms with Gasteiger partial charge in [0.2, 0.25) is 0 Å². The van der Waals surface area contributed by atoms with Gasteiger partial charge in [0.1, 0.15) is 12.4 Å². The second-order valence-electron chi connectivity index (χ2n) is 3.39. The van der Waals surface area contributed by atoms with Gasteiger partial charge in [0, 0.05) is 10.2 Å². The lowest BCUT2D eigenvalue weighted by atomic mass is 10.2. The van der Waals surface area contributed by atoms with Crippen molar-refractivity contribution >= 4 is 21.6 Å². The molecule has 4 heteroatoms. The quantitative estimate of drug-likeness (QED) is 0.875. The summed E-state index contributed by atoms with van der Waals surface area (Å²) in [4.78, 5) is 0. The number of halogens is 1. The maximum atomic E-state index is 5.77. The first-order valence-electron chi connectivity index (χ1n) is 4.90. The zero-order valence-electron chi connectivity index (χ0n) is 8.65. The Balaban J connectivity index is 1.92. The highest BCUT2D eigenvalue weighted by atomic mass is 79.9. The van der Waals surface area contributed by atoms with E-state index in [4.69, 9.17) is 14.9 Å². The maximum absolute atomic E-state index is 5.77. The number of rotatable bonds is 4. The molecule has 0 aliphatic rings. The van der Waals surface area contributed by atoms with Gasteiger partial charge in [-0.15, -0.1) is 0 Å². The molecular weight excluding hydrogens is 270 g/mol. The largest absolute Gasteiger partial charge is 0.467 e. The number of benzene rings is 1. The summed E-state index contributed by atoms with van der Waals surface area (Å²) in [5, 5.41) is 0. The summed E-state index contributed by atoms with van der Waals surface area (Å²) in [5.41, 5.74) is 7.52.